The molecule has 23 heavy (non-hydrogen) atoms. The summed E-state index contributed by atoms with van der Waals surface area (Å²) in [6.45, 7) is 6.17. The first-order chi connectivity index (χ1) is 11.0. The van der Waals surface area contributed by atoms with Crippen molar-refractivity contribution in [1.29, 1.82) is 0 Å². The Hall–Kier alpha value is -1.88. The Kier molecular flexibility index (Phi) is 6.59. The van der Waals surface area contributed by atoms with Crippen LogP contribution in [-0.4, -0.2) is 17.6 Å². The molecule has 0 heterocycles. The van der Waals surface area contributed by atoms with Crippen LogP contribution in [0.15, 0.2) is 36.4 Å². The van der Waals surface area contributed by atoms with Crippen LogP contribution in [0.3, 0.4) is 0 Å². The second-order valence-corrected chi connectivity index (χ2v) is 6.51. The Bertz CT molecular complexity index is 580. The standard InChI is InChI=1S/C18H24N2O2S/c1-13(2)12-22-16-10-6-5-9-15(16)19-18(23)20-17(21)11-14-7-3-4-8-14/h5-6,9-10,14H,1,3-4,7-8,11-12H2,2H3,(H2,19,20,21,23). The molecule has 1 amide bonds. The largest absolute Gasteiger partial charge is 0.487 e. The smallest absolute Gasteiger partial charge is 0.226 e. The van der Waals surface area contributed by atoms with Crippen LogP contribution in [-0.2, 0) is 4.79 Å². The van der Waals surface area contributed by atoms with Gasteiger partial charge in [0, 0.05) is 6.42 Å². The number of hydrogen-bond donors (Lipinski definition) is 2. The van der Waals surface area contributed by atoms with E-state index in [-0.39, 0.29) is 5.91 Å². The van der Waals surface area contributed by atoms with Crippen LogP contribution in [0.25, 0.3) is 0 Å². The zero-order valence-corrected chi connectivity index (χ0v) is 14.4. The number of carbonyl (C=O) groups excluding carboxylic acids is 1. The molecule has 0 radical (unpaired) electrons. The highest BCUT2D eigenvalue weighted by Crippen LogP contribution is 2.27. The third-order valence-electron chi connectivity index (χ3n) is 3.81. The minimum atomic E-state index is -0.0188. The van der Waals surface area contributed by atoms with Crippen LogP contribution in [0.4, 0.5) is 5.69 Å². The van der Waals surface area contributed by atoms with Crippen molar-refractivity contribution >= 4 is 28.9 Å². The van der Waals surface area contributed by atoms with E-state index in [4.69, 9.17) is 17.0 Å². The first-order valence-corrected chi connectivity index (χ1v) is 8.42. The number of benzene rings is 1. The van der Waals surface area contributed by atoms with Gasteiger partial charge in [-0.15, -0.1) is 0 Å². The predicted octanol–water partition coefficient (Wildman–Crippen LogP) is 4.03. The van der Waals surface area contributed by atoms with E-state index in [1.54, 1.807) is 0 Å². The highest BCUT2D eigenvalue weighted by molar-refractivity contribution is 7.80. The lowest BCUT2D eigenvalue weighted by atomic mass is 10.0. The fraction of sp³-hybridized carbons (Fsp3) is 0.444. The maximum atomic E-state index is 12.0. The zero-order chi connectivity index (χ0) is 16.7. The summed E-state index contributed by atoms with van der Waals surface area (Å²) in [7, 11) is 0. The van der Waals surface area contributed by atoms with Gasteiger partial charge in [0.2, 0.25) is 5.91 Å². The molecule has 0 aromatic heterocycles. The van der Waals surface area contributed by atoms with E-state index in [0.29, 0.717) is 29.8 Å². The summed E-state index contributed by atoms with van der Waals surface area (Å²) in [6, 6.07) is 7.50. The molecule has 124 valence electrons. The van der Waals surface area contributed by atoms with Crippen LogP contribution in [0, 0.1) is 5.92 Å². The van der Waals surface area contributed by atoms with Gasteiger partial charge in [0.05, 0.1) is 5.69 Å². The van der Waals surface area contributed by atoms with E-state index in [2.05, 4.69) is 17.2 Å². The molecule has 0 saturated heterocycles. The molecule has 1 fully saturated rings. The SMILES string of the molecule is C=C(C)COc1ccccc1NC(=S)NC(=O)CC1CCCC1. The van der Waals surface area contributed by atoms with Crippen LogP contribution in [0.2, 0.25) is 0 Å². The van der Waals surface area contributed by atoms with Crippen molar-refractivity contribution in [2.24, 2.45) is 5.92 Å². The third kappa shape index (κ3) is 6.02. The molecule has 1 saturated carbocycles. The van der Waals surface area contributed by atoms with Crippen LogP contribution in [0.5, 0.6) is 5.75 Å². The van der Waals surface area contributed by atoms with Crippen molar-refractivity contribution in [1.82, 2.24) is 5.32 Å². The number of ether oxygens (including phenoxy) is 1. The molecule has 0 spiro atoms. The lowest BCUT2D eigenvalue weighted by Crippen LogP contribution is -2.35. The van der Waals surface area contributed by atoms with Crippen molar-refractivity contribution in [3.05, 3.63) is 36.4 Å². The van der Waals surface area contributed by atoms with E-state index in [1.807, 2.05) is 31.2 Å². The first-order valence-electron chi connectivity index (χ1n) is 8.01. The molecule has 2 rings (SSSR count). The number of nitrogens with one attached hydrogen (secondary N) is 2. The summed E-state index contributed by atoms with van der Waals surface area (Å²) in [5, 5.41) is 6.10. The molecule has 1 aliphatic carbocycles. The van der Waals surface area contributed by atoms with Crippen molar-refractivity contribution in [3.63, 3.8) is 0 Å². The van der Waals surface area contributed by atoms with Crippen molar-refractivity contribution in [3.8, 4) is 5.75 Å². The monoisotopic (exact) mass is 332 g/mol. The minimum absolute atomic E-state index is 0.0188. The number of rotatable bonds is 6. The van der Waals surface area contributed by atoms with Gasteiger partial charge in [-0.1, -0.05) is 31.6 Å². The van der Waals surface area contributed by atoms with Gasteiger partial charge < -0.3 is 15.4 Å². The predicted molar refractivity (Wildman–Crippen MR) is 97.7 cm³/mol. The van der Waals surface area contributed by atoms with Crippen molar-refractivity contribution < 1.29 is 9.53 Å². The summed E-state index contributed by atoms with van der Waals surface area (Å²) in [6.07, 6.45) is 5.30. The summed E-state index contributed by atoms with van der Waals surface area (Å²) in [4.78, 5) is 12.0. The topological polar surface area (TPSA) is 50.4 Å². The van der Waals surface area contributed by atoms with Crippen LogP contribution < -0.4 is 15.4 Å². The van der Waals surface area contributed by atoms with E-state index in [9.17, 15) is 4.79 Å². The van der Waals surface area contributed by atoms with Gasteiger partial charge in [0.15, 0.2) is 5.11 Å². The van der Waals surface area contributed by atoms with Gasteiger partial charge in [-0.2, -0.15) is 0 Å². The maximum absolute atomic E-state index is 12.0. The highest BCUT2D eigenvalue weighted by Gasteiger charge is 2.19. The summed E-state index contributed by atoms with van der Waals surface area (Å²) in [5.41, 5.74) is 1.67. The Labute approximate surface area is 143 Å². The van der Waals surface area contributed by atoms with Gasteiger partial charge in [-0.05, 0) is 55.6 Å². The lowest BCUT2D eigenvalue weighted by molar-refractivity contribution is -0.120. The average molecular weight is 332 g/mol. The molecule has 0 aliphatic heterocycles. The molecule has 4 nitrogen and oxygen atoms in total. The second-order valence-electron chi connectivity index (χ2n) is 6.10. The van der Waals surface area contributed by atoms with Gasteiger partial charge >= 0.3 is 0 Å². The number of hydrogen-bond acceptors (Lipinski definition) is 3. The molecular formula is C18H24N2O2S. The number of amides is 1. The van der Waals surface area contributed by atoms with Crippen molar-refractivity contribution in [2.45, 2.75) is 39.0 Å². The van der Waals surface area contributed by atoms with E-state index in [0.717, 1.165) is 24.1 Å². The quantitative estimate of drug-likeness (QED) is 0.610. The second kappa shape index (κ2) is 8.67. The molecule has 2 N–H and O–H groups in total. The number of anilines is 1. The normalized spacial score (nSPS) is 14.3. The molecule has 1 aliphatic rings. The fourth-order valence-electron chi connectivity index (χ4n) is 2.70. The molecular weight excluding hydrogens is 308 g/mol. The average Bonchev–Trinajstić information content (AvgIpc) is 2.98. The van der Waals surface area contributed by atoms with Gasteiger partial charge in [-0.3, -0.25) is 4.79 Å². The Balaban J connectivity index is 1.86. The molecule has 5 heteroatoms. The van der Waals surface area contributed by atoms with Crippen LogP contribution >= 0.6 is 12.2 Å². The number of thiocarbonyl (C=S) groups is 1. The van der Waals surface area contributed by atoms with Gasteiger partial charge in [-0.25, -0.2) is 0 Å². The van der Waals surface area contributed by atoms with E-state index in [1.165, 1.54) is 12.8 Å². The number of para-hydroxylation sites is 2. The van der Waals surface area contributed by atoms with Crippen molar-refractivity contribution in [2.75, 3.05) is 11.9 Å². The fourth-order valence-corrected chi connectivity index (χ4v) is 2.93. The summed E-state index contributed by atoms with van der Waals surface area (Å²) < 4.78 is 5.68. The molecule has 0 unspecified atom stereocenters. The Morgan fingerprint density at radius 2 is 2.04 bits per heavy atom. The summed E-state index contributed by atoms with van der Waals surface area (Å²) >= 11 is 5.23. The molecule has 1 aromatic rings. The highest BCUT2D eigenvalue weighted by atomic mass is 32.1. The zero-order valence-electron chi connectivity index (χ0n) is 13.6. The third-order valence-corrected chi connectivity index (χ3v) is 4.02. The first kappa shape index (κ1) is 17.5. The van der Waals surface area contributed by atoms with Gasteiger partial charge in [0.1, 0.15) is 12.4 Å². The minimum Gasteiger partial charge on any atom is -0.487 e. The maximum Gasteiger partial charge on any atom is 0.226 e. The van der Waals surface area contributed by atoms with E-state index >= 15 is 0 Å². The molecule has 0 bridgehead atoms. The van der Waals surface area contributed by atoms with E-state index < -0.39 is 0 Å². The molecule has 1 aromatic carbocycles. The Morgan fingerprint density at radius 1 is 1.35 bits per heavy atom. The molecule has 0 atom stereocenters. The van der Waals surface area contributed by atoms with Gasteiger partial charge in [0.25, 0.3) is 0 Å². The van der Waals surface area contributed by atoms with Crippen LogP contribution in [0.1, 0.15) is 39.0 Å². The lowest BCUT2D eigenvalue weighted by Gasteiger charge is -2.15. The Morgan fingerprint density at radius 3 is 2.74 bits per heavy atom. The summed E-state index contributed by atoms with van der Waals surface area (Å²) in [5.74, 6) is 1.17. The number of carbonyl (C=O) groups is 1.